The molecule has 0 saturated carbocycles. The van der Waals surface area contributed by atoms with Crippen LogP contribution in [-0.2, 0) is 6.54 Å². The second kappa shape index (κ2) is 7.81. The number of ether oxygens (including phenoxy) is 1. The lowest BCUT2D eigenvalue weighted by Gasteiger charge is -2.26. The number of benzene rings is 2. The third-order valence-electron chi connectivity index (χ3n) is 4.20. The number of guanidine groups is 1. The molecule has 1 atom stereocenters. The van der Waals surface area contributed by atoms with Crippen LogP contribution in [0.3, 0.4) is 0 Å². The molecular weight excluding hydrogens is 305 g/mol. The first-order valence-electron chi connectivity index (χ1n) is 8.17. The van der Waals surface area contributed by atoms with E-state index < -0.39 is 0 Å². The number of para-hydroxylation sites is 1. The Bertz CT molecular complexity index is 700. The van der Waals surface area contributed by atoms with Crippen LogP contribution in [0.5, 0.6) is 5.75 Å². The van der Waals surface area contributed by atoms with Crippen LogP contribution in [0.1, 0.15) is 23.5 Å². The second-order valence-corrected chi connectivity index (χ2v) is 5.81. The topological polar surface area (TPSA) is 45.7 Å². The normalized spacial score (nSPS) is 16.9. The monoisotopic (exact) mass is 327 g/mol. The van der Waals surface area contributed by atoms with Crippen LogP contribution < -0.4 is 15.4 Å². The summed E-state index contributed by atoms with van der Waals surface area (Å²) in [4.78, 5) is 4.25. The van der Waals surface area contributed by atoms with Crippen molar-refractivity contribution in [1.82, 2.24) is 10.6 Å². The molecule has 2 aromatic rings. The van der Waals surface area contributed by atoms with Crippen molar-refractivity contribution in [2.75, 3.05) is 20.2 Å². The summed E-state index contributed by atoms with van der Waals surface area (Å²) in [6.07, 6.45) is 0.985. The molecule has 0 bridgehead atoms. The number of aliphatic imine (C=N–C) groups is 1. The quantitative estimate of drug-likeness (QED) is 0.670. The predicted molar refractivity (Wildman–Crippen MR) is 93.9 cm³/mol. The van der Waals surface area contributed by atoms with Crippen LogP contribution in [0.4, 0.5) is 4.39 Å². The Morgan fingerprint density at radius 1 is 1.17 bits per heavy atom. The van der Waals surface area contributed by atoms with E-state index in [0.29, 0.717) is 12.5 Å². The van der Waals surface area contributed by atoms with Gasteiger partial charge in [-0.25, -0.2) is 4.39 Å². The molecule has 3 rings (SSSR count). The molecule has 0 fully saturated rings. The molecule has 4 nitrogen and oxygen atoms in total. The van der Waals surface area contributed by atoms with Crippen molar-refractivity contribution in [2.24, 2.45) is 4.99 Å². The van der Waals surface area contributed by atoms with Gasteiger partial charge in [0, 0.05) is 26.1 Å². The van der Waals surface area contributed by atoms with E-state index in [-0.39, 0.29) is 5.82 Å². The van der Waals surface area contributed by atoms with E-state index in [0.717, 1.165) is 36.8 Å². The lowest BCUT2D eigenvalue weighted by atomic mass is 9.93. The summed E-state index contributed by atoms with van der Waals surface area (Å²) in [6, 6.07) is 14.6. The summed E-state index contributed by atoms with van der Waals surface area (Å²) >= 11 is 0. The Morgan fingerprint density at radius 2 is 1.96 bits per heavy atom. The van der Waals surface area contributed by atoms with E-state index in [9.17, 15) is 4.39 Å². The van der Waals surface area contributed by atoms with E-state index in [1.54, 1.807) is 19.2 Å². The summed E-state index contributed by atoms with van der Waals surface area (Å²) in [5, 5.41) is 6.62. The molecule has 2 N–H and O–H groups in total. The van der Waals surface area contributed by atoms with Crippen molar-refractivity contribution in [3.05, 3.63) is 65.5 Å². The molecule has 0 aromatic heterocycles. The van der Waals surface area contributed by atoms with Gasteiger partial charge in [-0.05, 0) is 35.7 Å². The highest BCUT2D eigenvalue weighted by molar-refractivity contribution is 5.79. The van der Waals surface area contributed by atoms with Gasteiger partial charge in [0.1, 0.15) is 11.6 Å². The minimum absolute atomic E-state index is 0.223. The molecule has 0 saturated heterocycles. The van der Waals surface area contributed by atoms with Gasteiger partial charge in [0.2, 0.25) is 0 Å². The Morgan fingerprint density at radius 3 is 2.75 bits per heavy atom. The molecular formula is C19H22FN3O. The summed E-state index contributed by atoms with van der Waals surface area (Å²) in [7, 11) is 1.75. The van der Waals surface area contributed by atoms with Gasteiger partial charge in [0.05, 0.1) is 6.61 Å². The molecule has 1 aliphatic heterocycles. The van der Waals surface area contributed by atoms with Crippen LogP contribution in [0.2, 0.25) is 0 Å². The Kier molecular flexibility index (Phi) is 5.31. The lowest BCUT2D eigenvalue weighted by Crippen LogP contribution is -2.39. The minimum atomic E-state index is -0.223. The first-order chi connectivity index (χ1) is 11.8. The van der Waals surface area contributed by atoms with Crippen molar-refractivity contribution in [3.63, 3.8) is 0 Å². The second-order valence-electron chi connectivity index (χ2n) is 5.81. The van der Waals surface area contributed by atoms with Crippen LogP contribution in [0.25, 0.3) is 0 Å². The van der Waals surface area contributed by atoms with Gasteiger partial charge in [-0.1, -0.05) is 30.3 Å². The average molecular weight is 327 g/mol. The standard InChI is InChI=1S/C19H22FN3O/c1-21-19(22-12-14-6-8-16(20)9-7-14)23-13-15-10-11-24-18-5-3-2-4-17(15)18/h2-9,15H,10-13H2,1H3,(H2,21,22,23). The molecule has 2 aromatic carbocycles. The number of fused-ring (bicyclic) bond motifs is 1. The number of nitrogens with one attached hydrogen (secondary N) is 2. The van der Waals surface area contributed by atoms with Gasteiger partial charge in [-0.15, -0.1) is 0 Å². The van der Waals surface area contributed by atoms with E-state index in [1.807, 2.05) is 18.2 Å². The molecule has 0 aliphatic carbocycles. The van der Waals surface area contributed by atoms with Crippen molar-refractivity contribution in [1.29, 1.82) is 0 Å². The van der Waals surface area contributed by atoms with Crippen LogP contribution in [-0.4, -0.2) is 26.2 Å². The molecule has 126 valence electrons. The largest absolute Gasteiger partial charge is 0.493 e. The number of hydrogen-bond donors (Lipinski definition) is 2. The fourth-order valence-electron chi connectivity index (χ4n) is 2.86. The molecule has 0 amide bonds. The SMILES string of the molecule is CN=C(NCc1ccc(F)cc1)NCC1CCOc2ccccc21. The molecule has 0 spiro atoms. The maximum atomic E-state index is 12.9. The minimum Gasteiger partial charge on any atom is -0.493 e. The Hall–Kier alpha value is -2.56. The zero-order valence-electron chi connectivity index (χ0n) is 13.8. The Labute approximate surface area is 141 Å². The number of nitrogens with zero attached hydrogens (tertiary/aromatic N) is 1. The van der Waals surface area contributed by atoms with Gasteiger partial charge in [0.25, 0.3) is 0 Å². The fraction of sp³-hybridized carbons (Fsp3) is 0.316. The van der Waals surface area contributed by atoms with E-state index in [2.05, 4.69) is 21.7 Å². The van der Waals surface area contributed by atoms with Crippen molar-refractivity contribution >= 4 is 5.96 Å². The van der Waals surface area contributed by atoms with Crippen molar-refractivity contribution < 1.29 is 9.13 Å². The van der Waals surface area contributed by atoms with Gasteiger partial charge in [-0.3, -0.25) is 4.99 Å². The van der Waals surface area contributed by atoms with Gasteiger partial charge < -0.3 is 15.4 Å². The van der Waals surface area contributed by atoms with Gasteiger partial charge in [0.15, 0.2) is 5.96 Å². The summed E-state index contributed by atoms with van der Waals surface area (Å²) in [5.74, 6) is 1.90. The zero-order valence-corrected chi connectivity index (χ0v) is 13.8. The maximum Gasteiger partial charge on any atom is 0.191 e. The zero-order chi connectivity index (χ0) is 16.8. The van der Waals surface area contributed by atoms with Crippen molar-refractivity contribution in [3.8, 4) is 5.75 Å². The molecule has 1 aliphatic rings. The van der Waals surface area contributed by atoms with E-state index in [4.69, 9.17) is 4.74 Å². The Balaban J connectivity index is 1.54. The molecule has 0 radical (unpaired) electrons. The van der Waals surface area contributed by atoms with E-state index >= 15 is 0 Å². The highest BCUT2D eigenvalue weighted by atomic mass is 19.1. The molecule has 1 heterocycles. The molecule has 24 heavy (non-hydrogen) atoms. The third-order valence-corrected chi connectivity index (χ3v) is 4.20. The summed E-state index contributed by atoms with van der Waals surface area (Å²) in [6.45, 7) is 2.14. The highest BCUT2D eigenvalue weighted by Gasteiger charge is 2.20. The average Bonchev–Trinajstić information content (AvgIpc) is 2.63. The number of hydrogen-bond acceptors (Lipinski definition) is 2. The van der Waals surface area contributed by atoms with Crippen LogP contribution in [0, 0.1) is 5.82 Å². The van der Waals surface area contributed by atoms with Crippen molar-refractivity contribution in [2.45, 2.75) is 18.9 Å². The fourth-order valence-corrected chi connectivity index (χ4v) is 2.86. The lowest BCUT2D eigenvalue weighted by molar-refractivity contribution is 0.267. The predicted octanol–water partition coefficient (Wildman–Crippen LogP) is 3.06. The van der Waals surface area contributed by atoms with Crippen LogP contribution in [0.15, 0.2) is 53.5 Å². The van der Waals surface area contributed by atoms with Gasteiger partial charge in [-0.2, -0.15) is 0 Å². The maximum absolute atomic E-state index is 12.9. The third kappa shape index (κ3) is 4.04. The number of rotatable bonds is 4. The van der Waals surface area contributed by atoms with Crippen LogP contribution >= 0.6 is 0 Å². The van der Waals surface area contributed by atoms with E-state index in [1.165, 1.54) is 17.7 Å². The first-order valence-corrected chi connectivity index (χ1v) is 8.17. The highest BCUT2D eigenvalue weighted by Crippen LogP contribution is 2.32. The number of halogens is 1. The molecule has 1 unspecified atom stereocenters. The molecule has 5 heteroatoms. The smallest absolute Gasteiger partial charge is 0.191 e. The first kappa shape index (κ1) is 16.3. The van der Waals surface area contributed by atoms with Gasteiger partial charge >= 0.3 is 0 Å². The summed E-state index contributed by atoms with van der Waals surface area (Å²) < 4.78 is 18.6. The summed E-state index contributed by atoms with van der Waals surface area (Å²) in [5.41, 5.74) is 2.25.